The topological polar surface area (TPSA) is 73.9 Å². The summed E-state index contributed by atoms with van der Waals surface area (Å²) in [5, 5.41) is 3.42. The maximum absolute atomic E-state index is 12.8. The number of rotatable bonds is 5. The maximum Gasteiger partial charge on any atom is 0.340 e. The van der Waals surface area contributed by atoms with Crippen LogP contribution in [0.3, 0.4) is 0 Å². The maximum atomic E-state index is 12.8. The first kappa shape index (κ1) is 16.1. The van der Waals surface area contributed by atoms with Crippen molar-refractivity contribution in [2.45, 2.75) is 24.9 Å². The van der Waals surface area contributed by atoms with Crippen LogP contribution < -0.4 is 5.73 Å². The fraction of sp³-hybridized carbons (Fsp3) is 0.385. The van der Waals surface area contributed by atoms with Crippen molar-refractivity contribution in [2.24, 2.45) is 10.9 Å². The molecule has 0 aliphatic carbocycles. The molecule has 0 fully saturated rings. The molecule has 0 radical (unpaired) electrons. The van der Waals surface area contributed by atoms with Gasteiger partial charge in [-0.05, 0) is 6.07 Å². The molecule has 0 bridgehead atoms. The number of benzene rings is 1. The molecule has 120 valence electrons. The molecular formula is C13H12F4N2O3. The fourth-order valence-electron chi connectivity index (χ4n) is 1.85. The Kier molecular flexibility index (Phi) is 4.53. The number of hydrogen-bond acceptors (Lipinski definition) is 4. The summed E-state index contributed by atoms with van der Waals surface area (Å²) in [4.78, 5) is 16.3. The van der Waals surface area contributed by atoms with E-state index in [1.807, 2.05) is 0 Å². The van der Waals surface area contributed by atoms with Crippen LogP contribution in [-0.2, 0) is 9.57 Å². The molecule has 1 amide bonds. The number of nitrogens with zero attached hydrogens (tertiary/aromatic N) is 1. The summed E-state index contributed by atoms with van der Waals surface area (Å²) in [5.41, 5.74) is 5.83. The van der Waals surface area contributed by atoms with E-state index in [4.69, 9.17) is 10.6 Å². The van der Waals surface area contributed by atoms with Gasteiger partial charge in [0.2, 0.25) is 11.8 Å². The number of carbonyl (C=O) groups is 1. The second-order valence-corrected chi connectivity index (χ2v) is 4.59. The minimum atomic E-state index is -4.27. The molecule has 22 heavy (non-hydrogen) atoms. The smallest absolute Gasteiger partial charge is 0.340 e. The highest BCUT2D eigenvalue weighted by molar-refractivity contribution is 5.94. The zero-order valence-corrected chi connectivity index (χ0v) is 11.1. The molecule has 9 heteroatoms. The van der Waals surface area contributed by atoms with Gasteiger partial charge in [0.25, 0.3) is 0 Å². The molecular weight excluding hydrogens is 308 g/mol. The lowest BCUT2D eigenvalue weighted by Gasteiger charge is -2.15. The second-order valence-electron chi connectivity index (χ2n) is 4.59. The van der Waals surface area contributed by atoms with Crippen molar-refractivity contribution < 1.29 is 31.9 Å². The predicted molar refractivity (Wildman–Crippen MR) is 67.7 cm³/mol. The molecule has 0 saturated heterocycles. The standard InChI is InChI=1S/C13H12F4N2O3/c14-12(15)13(16,17)6-21-10-5-9(22-19-10)7-3-1-2-4-8(7)11(18)20/h1-4,9,12H,5-6H2,(H2,18,20). The van der Waals surface area contributed by atoms with Crippen LogP contribution in [0.25, 0.3) is 0 Å². The number of carbonyl (C=O) groups excluding carboxylic acids is 1. The number of nitrogens with two attached hydrogens (primary N) is 1. The normalized spacial score (nSPS) is 18.0. The summed E-state index contributed by atoms with van der Waals surface area (Å²) in [6.07, 6.45) is -4.65. The van der Waals surface area contributed by atoms with Gasteiger partial charge < -0.3 is 15.3 Å². The van der Waals surface area contributed by atoms with Crippen LogP contribution in [-0.4, -0.2) is 30.8 Å². The van der Waals surface area contributed by atoms with Crippen LogP contribution in [0.4, 0.5) is 17.6 Å². The van der Waals surface area contributed by atoms with E-state index in [-0.39, 0.29) is 17.9 Å². The van der Waals surface area contributed by atoms with E-state index in [1.54, 1.807) is 18.2 Å². The van der Waals surface area contributed by atoms with Gasteiger partial charge in [0.15, 0.2) is 12.7 Å². The number of amides is 1. The molecule has 1 aromatic carbocycles. The van der Waals surface area contributed by atoms with E-state index < -0.39 is 31.0 Å². The van der Waals surface area contributed by atoms with Crippen molar-refractivity contribution in [1.82, 2.24) is 0 Å². The molecule has 1 unspecified atom stereocenters. The monoisotopic (exact) mass is 320 g/mol. The van der Waals surface area contributed by atoms with Crippen molar-refractivity contribution in [3.63, 3.8) is 0 Å². The molecule has 1 aliphatic rings. The Labute approximate surface area is 122 Å². The third-order valence-electron chi connectivity index (χ3n) is 2.97. The Hall–Kier alpha value is -2.32. The lowest BCUT2D eigenvalue weighted by atomic mass is 10.00. The van der Waals surface area contributed by atoms with Crippen LogP contribution in [0.5, 0.6) is 0 Å². The van der Waals surface area contributed by atoms with Gasteiger partial charge in [-0.3, -0.25) is 4.79 Å². The van der Waals surface area contributed by atoms with E-state index in [9.17, 15) is 22.4 Å². The average Bonchev–Trinajstić information content (AvgIpc) is 2.94. The Bertz CT molecular complexity index is 592. The van der Waals surface area contributed by atoms with E-state index in [0.717, 1.165) is 0 Å². The quantitative estimate of drug-likeness (QED) is 0.847. The van der Waals surface area contributed by atoms with Crippen LogP contribution in [0.1, 0.15) is 28.4 Å². The minimum absolute atomic E-state index is 0.0659. The van der Waals surface area contributed by atoms with Crippen molar-refractivity contribution in [1.29, 1.82) is 0 Å². The lowest BCUT2D eigenvalue weighted by Crippen LogP contribution is -2.33. The first-order valence-corrected chi connectivity index (χ1v) is 6.21. The summed E-state index contributed by atoms with van der Waals surface area (Å²) < 4.78 is 54.1. The Morgan fingerprint density at radius 2 is 2.14 bits per heavy atom. The summed E-state index contributed by atoms with van der Waals surface area (Å²) in [6.45, 7) is -1.50. The molecule has 1 heterocycles. The number of primary amides is 1. The summed E-state index contributed by atoms with van der Waals surface area (Å²) in [5.74, 6) is -5.20. The summed E-state index contributed by atoms with van der Waals surface area (Å²) in [6, 6.07) is 6.27. The Morgan fingerprint density at radius 3 is 2.77 bits per heavy atom. The fourth-order valence-corrected chi connectivity index (χ4v) is 1.85. The van der Waals surface area contributed by atoms with Gasteiger partial charge >= 0.3 is 12.3 Å². The highest BCUT2D eigenvalue weighted by atomic mass is 19.3. The van der Waals surface area contributed by atoms with Gasteiger partial charge in [-0.25, -0.2) is 8.78 Å². The summed E-state index contributed by atoms with van der Waals surface area (Å²) >= 11 is 0. The molecule has 2 rings (SSSR count). The highest BCUT2D eigenvalue weighted by Crippen LogP contribution is 2.31. The van der Waals surface area contributed by atoms with Gasteiger partial charge in [0.1, 0.15) is 0 Å². The molecule has 0 aromatic heterocycles. The number of alkyl halides is 4. The van der Waals surface area contributed by atoms with Crippen molar-refractivity contribution in [3.05, 3.63) is 35.4 Å². The highest BCUT2D eigenvalue weighted by Gasteiger charge is 2.42. The van der Waals surface area contributed by atoms with E-state index in [2.05, 4.69) is 9.89 Å². The number of hydrogen-bond donors (Lipinski definition) is 1. The van der Waals surface area contributed by atoms with Crippen molar-refractivity contribution in [3.8, 4) is 0 Å². The van der Waals surface area contributed by atoms with Crippen molar-refractivity contribution in [2.75, 3.05) is 6.61 Å². The van der Waals surface area contributed by atoms with E-state index in [0.29, 0.717) is 5.56 Å². The molecule has 1 aliphatic heterocycles. The minimum Gasteiger partial charge on any atom is -0.472 e. The molecule has 5 nitrogen and oxygen atoms in total. The van der Waals surface area contributed by atoms with Crippen LogP contribution in [0, 0.1) is 0 Å². The average molecular weight is 320 g/mol. The number of ether oxygens (including phenoxy) is 1. The largest absolute Gasteiger partial charge is 0.472 e. The Balaban J connectivity index is 2.00. The van der Waals surface area contributed by atoms with Crippen LogP contribution >= 0.6 is 0 Å². The van der Waals surface area contributed by atoms with E-state index in [1.165, 1.54) is 6.07 Å². The molecule has 0 saturated carbocycles. The second kappa shape index (κ2) is 6.20. The number of oxime groups is 1. The van der Waals surface area contributed by atoms with Gasteiger partial charge in [-0.15, -0.1) is 0 Å². The molecule has 2 N–H and O–H groups in total. The molecule has 1 aromatic rings. The van der Waals surface area contributed by atoms with Crippen LogP contribution in [0.15, 0.2) is 29.4 Å². The van der Waals surface area contributed by atoms with Gasteiger partial charge in [0, 0.05) is 11.1 Å². The molecule has 1 atom stereocenters. The first-order chi connectivity index (χ1) is 10.3. The Morgan fingerprint density at radius 1 is 1.45 bits per heavy atom. The van der Waals surface area contributed by atoms with Gasteiger partial charge in [0.05, 0.1) is 6.42 Å². The SMILES string of the molecule is NC(=O)c1ccccc1C1CC(OCC(F)(F)C(F)F)=NO1. The third-order valence-corrected chi connectivity index (χ3v) is 2.97. The predicted octanol–water partition coefficient (Wildman–Crippen LogP) is 2.48. The van der Waals surface area contributed by atoms with Crippen molar-refractivity contribution >= 4 is 11.8 Å². The molecule has 0 spiro atoms. The van der Waals surface area contributed by atoms with Gasteiger partial charge in [-0.2, -0.15) is 8.78 Å². The van der Waals surface area contributed by atoms with Crippen LogP contribution in [0.2, 0.25) is 0 Å². The summed E-state index contributed by atoms with van der Waals surface area (Å²) in [7, 11) is 0. The van der Waals surface area contributed by atoms with Gasteiger partial charge in [-0.1, -0.05) is 23.4 Å². The first-order valence-electron chi connectivity index (χ1n) is 6.21. The third kappa shape index (κ3) is 3.46. The zero-order chi connectivity index (χ0) is 16.3. The lowest BCUT2D eigenvalue weighted by molar-refractivity contribution is -0.150. The number of halogens is 4. The zero-order valence-electron chi connectivity index (χ0n) is 11.1. The van der Waals surface area contributed by atoms with E-state index >= 15 is 0 Å².